The van der Waals surface area contributed by atoms with Gasteiger partial charge in [-0.05, 0) is 18.8 Å². The van der Waals surface area contributed by atoms with E-state index in [1.807, 2.05) is 0 Å². The van der Waals surface area contributed by atoms with Gasteiger partial charge in [-0.1, -0.05) is 12.2 Å². The van der Waals surface area contributed by atoms with Crippen molar-refractivity contribution in [2.24, 2.45) is 5.92 Å². The van der Waals surface area contributed by atoms with Gasteiger partial charge in [0.15, 0.2) is 0 Å². The zero-order valence-electron chi connectivity index (χ0n) is 7.19. The molecule has 3 nitrogen and oxygen atoms in total. The topological polar surface area (TPSA) is 29.5 Å². The summed E-state index contributed by atoms with van der Waals surface area (Å²) < 4.78 is 0. The van der Waals surface area contributed by atoms with E-state index in [2.05, 4.69) is 12.2 Å². The van der Waals surface area contributed by atoms with Gasteiger partial charge in [-0.3, -0.25) is 9.63 Å². The van der Waals surface area contributed by atoms with Gasteiger partial charge >= 0.3 is 0 Å². The third-order valence-electron chi connectivity index (χ3n) is 2.61. The van der Waals surface area contributed by atoms with E-state index in [4.69, 9.17) is 4.84 Å². The minimum Gasteiger partial charge on any atom is -0.274 e. The molecule has 2 atom stereocenters. The van der Waals surface area contributed by atoms with Crippen molar-refractivity contribution >= 4 is 5.91 Å². The number of hydrogen-bond acceptors (Lipinski definition) is 2. The van der Waals surface area contributed by atoms with Gasteiger partial charge in [0, 0.05) is 6.42 Å². The lowest BCUT2D eigenvalue weighted by Crippen LogP contribution is -2.45. The van der Waals surface area contributed by atoms with Crippen LogP contribution in [0, 0.1) is 5.92 Å². The average Bonchev–Trinajstić information content (AvgIpc) is 2.04. The van der Waals surface area contributed by atoms with Crippen LogP contribution in [0.5, 0.6) is 0 Å². The summed E-state index contributed by atoms with van der Waals surface area (Å²) in [6.07, 6.45) is 6.99. The highest BCUT2D eigenvalue weighted by Gasteiger charge is 2.34. The van der Waals surface area contributed by atoms with Crippen LogP contribution in [0.15, 0.2) is 12.2 Å². The van der Waals surface area contributed by atoms with Crippen LogP contribution < -0.4 is 0 Å². The Morgan fingerprint density at radius 3 is 3.25 bits per heavy atom. The van der Waals surface area contributed by atoms with Crippen LogP contribution in [0.4, 0.5) is 0 Å². The minimum absolute atomic E-state index is 0.128. The number of fused-ring (bicyclic) bond motifs is 2. The number of hydroxylamine groups is 2. The third kappa shape index (κ3) is 1.14. The number of carbonyl (C=O) groups is 1. The molecule has 0 N–H and O–H groups in total. The second-order valence-corrected chi connectivity index (χ2v) is 3.44. The van der Waals surface area contributed by atoms with E-state index in [1.165, 1.54) is 5.06 Å². The van der Waals surface area contributed by atoms with Crippen molar-refractivity contribution < 1.29 is 9.63 Å². The average molecular weight is 167 g/mol. The lowest BCUT2D eigenvalue weighted by molar-refractivity contribution is -0.193. The normalized spacial score (nSPS) is 34.1. The zero-order chi connectivity index (χ0) is 8.55. The van der Waals surface area contributed by atoms with E-state index >= 15 is 0 Å². The first kappa shape index (κ1) is 7.80. The third-order valence-corrected chi connectivity index (χ3v) is 2.61. The molecule has 2 rings (SSSR count). The molecule has 1 fully saturated rings. The van der Waals surface area contributed by atoms with Crippen LogP contribution >= 0.6 is 0 Å². The predicted molar refractivity (Wildman–Crippen MR) is 44.1 cm³/mol. The maximum Gasteiger partial charge on any atom is 0.246 e. The Morgan fingerprint density at radius 1 is 1.67 bits per heavy atom. The maximum atomic E-state index is 11.4. The fourth-order valence-corrected chi connectivity index (χ4v) is 2.04. The maximum absolute atomic E-state index is 11.4. The van der Waals surface area contributed by atoms with Crippen molar-refractivity contribution in [3.8, 4) is 0 Å². The van der Waals surface area contributed by atoms with Gasteiger partial charge in [0.05, 0.1) is 13.2 Å². The highest BCUT2D eigenvalue weighted by molar-refractivity contribution is 5.77. The Labute approximate surface area is 71.9 Å². The molecule has 1 aliphatic carbocycles. The van der Waals surface area contributed by atoms with E-state index in [1.54, 1.807) is 7.11 Å². The monoisotopic (exact) mass is 167 g/mol. The second-order valence-electron chi connectivity index (χ2n) is 3.44. The van der Waals surface area contributed by atoms with Crippen LogP contribution in [0.25, 0.3) is 0 Å². The van der Waals surface area contributed by atoms with E-state index in [-0.39, 0.29) is 11.9 Å². The Bertz CT molecular complexity index is 225. The molecule has 1 saturated heterocycles. The van der Waals surface area contributed by atoms with Crippen LogP contribution in [0.3, 0.4) is 0 Å². The molecule has 0 radical (unpaired) electrons. The molecule has 66 valence electrons. The molecule has 2 aliphatic rings. The number of carbonyl (C=O) groups excluding carboxylic acids is 1. The number of nitrogens with zero attached hydrogens (tertiary/aromatic N) is 1. The molecular weight excluding hydrogens is 154 g/mol. The molecule has 1 heterocycles. The Kier molecular flexibility index (Phi) is 1.89. The minimum atomic E-state index is 0.128. The molecule has 2 bridgehead atoms. The first-order chi connectivity index (χ1) is 5.81. The summed E-state index contributed by atoms with van der Waals surface area (Å²) in [5.41, 5.74) is 0. The predicted octanol–water partition coefficient (Wildman–Crippen LogP) is 1.11. The summed E-state index contributed by atoms with van der Waals surface area (Å²) in [5, 5.41) is 1.49. The van der Waals surface area contributed by atoms with Crippen LogP contribution in [0.2, 0.25) is 0 Å². The Morgan fingerprint density at radius 2 is 2.50 bits per heavy atom. The number of amides is 1. The molecule has 0 aromatic heterocycles. The van der Waals surface area contributed by atoms with Crippen LogP contribution in [0.1, 0.15) is 19.3 Å². The van der Waals surface area contributed by atoms with Gasteiger partial charge in [0.2, 0.25) is 5.91 Å². The molecule has 3 heteroatoms. The first-order valence-electron chi connectivity index (χ1n) is 4.34. The van der Waals surface area contributed by atoms with Crippen molar-refractivity contribution in [2.75, 3.05) is 7.11 Å². The molecule has 0 aromatic carbocycles. The largest absolute Gasteiger partial charge is 0.274 e. The van der Waals surface area contributed by atoms with Crippen LogP contribution in [-0.2, 0) is 9.63 Å². The summed E-state index contributed by atoms with van der Waals surface area (Å²) in [5.74, 6) is 0.682. The lowest BCUT2D eigenvalue weighted by atomic mass is 9.85. The summed E-state index contributed by atoms with van der Waals surface area (Å²) >= 11 is 0. The van der Waals surface area contributed by atoms with Crippen LogP contribution in [-0.4, -0.2) is 24.1 Å². The first-order valence-corrected chi connectivity index (χ1v) is 4.34. The van der Waals surface area contributed by atoms with E-state index in [0.29, 0.717) is 12.3 Å². The molecule has 0 aromatic rings. The summed E-state index contributed by atoms with van der Waals surface area (Å²) in [7, 11) is 1.56. The van der Waals surface area contributed by atoms with Gasteiger partial charge in [-0.15, -0.1) is 0 Å². The van der Waals surface area contributed by atoms with Crippen molar-refractivity contribution in [1.82, 2.24) is 5.06 Å². The molecule has 0 saturated carbocycles. The van der Waals surface area contributed by atoms with Gasteiger partial charge < -0.3 is 0 Å². The van der Waals surface area contributed by atoms with Gasteiger partial charge in [0.25, 0.3) is 0 Å². The number of allylic oxidation sites excluding steroid dienone is 1. The second kappa shape index (κ2) is 2.90. The van der Waals surface area contributed by atoms with E-state index < -0.39 is 0 Å². The summed E-state index contributed by atoms with van der Waals surface area (Å²) in [6, 6.07) is 0.190. The summed E-state index contributed by atoms with van der Waals surface area (Å²) in [6.45, 7) is 0. The van der Waals surface area contributed by atoms with Gasteiger partial charge in [-0.2, -0.15) is 0 Å². The molecule has 2 unspecified atom stereocenters. The fourth-order valence-electron chi connectivity index (χ4n) is 2.04. The van der Waals surface area contributed by atoms with Crippen molar-refractivity contribution in [3.63, 3.8) is 0 Å². The molecular formula is C9H13NO2. The number of rotatable bonds is 1. The smallest absolute Gasteiger partial charge is 0.246 e. The Hall–Kier alpha value is -0.830. The standard InChI is InChI=1S/C9H13NO2/c1-12-10-8-4-2-3-7(5-8)6-9(10)11/h2,4,7-8H,3,5-6H2,1H3. The van der Waals surface area contributed by atoms with E-state index in [0.717, 1.165) is 12.8 Å². The highest BCUT2D eigenvalue weighted by atomic mass is 16.7. The molecule has 0 spiro atoms. The van der Waals surface area contributed by atoms with Gasteiger partial charge in [0.1, 0.15) is 0 Å². The van der Waals surface area contributed by atoms with E-state index in [9.17, 15) is 4.79 Å². The number of hydrogen-bond donors (Lipinski definition) is 0. The molecule has 1 aliphatic heterocycles. The quantitative estimate of drug-likeness (QED) is 0.547. The van der Waals surface area contributed by atoms with Crippen molar-refractivity contribution in [3.05, 3.63) is 12.2 Å². The lowest BCUT2D eigenvalue weighted by Gasteiger charge is -2.37. The SMILES string of the molecule is CON1C(=O)CC2CC=CC1C2. The fraction of sp³-hybridized carbons (Fsp3) is 0.667. The van der Waals surface area contributed by atoms with Crippen molar-refractivity contribution in [1.29, 1.82) is 0 Å². The van der Waals surface area contributed by atoms with Gasteiger partial charge in [-0.25, -0.2) is 5.06 Å². The Balaban J connectivity index is 2.19. The summed E-state index contributed by atoms with van der Waals surface area (Å²) in [4.78, 5) is 16.4. The molecule has 1 amide bonds. The molecule has 12 heavy (non-hydrogen) atoms. The highest BCUT2D eigenvalue weighted by Crippen LogP contribution is 2.30. The zero-order valence-corrected chi connectivity index (χ0v) is 7.19. The van der Waals surface area contributed by atoms with Crippen molar-refractivity contribution in [2.45, 2.75) is 25.3 Å². The number of piperidine rings is 1.